The molecule has 5 aliphatic rings. The summed E-state index contributed by atoms with van der Waals surface area (Å²) >= 11 is 0. The number of hydrogen-bond acceptors (Lipinski definition) is 18. The van der Waals surface area contributed by atoms with Crippen LogP contribution in [0.5, 0.6) is 0 Å². The zero-order valence-corrected chi connectivity index (χ0v) is 28.0. The van der Waals surface area contributed by atoms with Gasteiger partial charge in [0.05, 0.1) is 29.4 Å². The number of carbonyl (C=O) groups excluding carboxylic acids is 4. The minimum Gasteiger partial charge on any atom is -0.462 e. The molecule has 1 aliphatic heterocycles. The SMILES string of the molecule is CC1(C)O[C@@H]2CC3C4CCC5=CC(=O)C=C[C@]5(C)[C@@]4(F)[C@@H](O)C[C@]3(C)[C@]2(C(=O)COC(=O)CC(N)C(=O)OCC(CON(O)O)ON(O)O)O1. The van der Waals surface area contributed by atoms with E-state index in [0.717, 1.165) is 0 Å². The van der Waals surface area contributed by atoms with Crippen LogP contribution in [0.3, 0.4) is 0 Å². The maximum Gasteiger partial charge on any atom is 0.323 e. The van der Waals surface area contributed by atoms with Gasteiger partial charge in [0.15, 0.2) is 29.4 Å². The Morgan fingerprint density at radius 1 is 1.08 bits per heavy atom. The molecular weight excluding hydrogens is 673 g/mol. The van der Waals surface area contributed by atoms with E-state index in [4.69, 9.17) is 45.5 Å². The lowest BCUT2D eigenvalue weighted by Gasteiger charge is -2.62. The van der Waals surface area contributed by atoms with E-state index in [9.17, 15) is 24.3 Å². The van der Waals surface area contributed by atoms with Gasteiger partial charge in [0.1, 0.15) is 25.4 Å². The van der Waals surface area contributed by atoms with E-state index in [1.165, 1.54) is 18.2 Å². The van der Waals surface area contributed by atoms with E-state index in [-0.39, 0.29) is 18.6 Å². The Balaban J connectivity index is 1.27. The Labute approximate surface area is 285 Å². The number of ketones is 2. The van der Waals surface area contributed by atoms with E-state index >= 15 is 4.39 Å². The number of alkyl halides is 1. The molecule has 0 aromatic rings. The first-order valence-corrected chi connectivity index (χ1v) is 16.2. The van der Waals surface area contributed by atoms with Gasteiger partial charge >= 0.3 is 11.9 Å². The number of nitrogens with two attached hydrogens (primary N) is 1. The van der Waals surface area contributed by atoms with Gasteiger partial charge in [-0.15, -0.1) is 0 Å². The Hall–Kier alpha value is -2.79. The van der Waals surface area contributed by atoms with Gasteiger partial charge in [0, 0.05) is 16.7 Å². The number of halogens is 1. The van der Waals surface area contributed by atoms with E-state index < -0.39 is 119 Å². The summed E-state index contributed by atoms with van der Waals surface area (Å²) in [6, 6.07) is -1.60. The highest BCUT2D eigenvalue weighted by atomic mass is 19.1. The summed E-state index contributed by atoms with van der Waals surface area (Å²) in [7, 11) is 0. The van der Waals surface area contributed by atoms with Crippen molar-refractivity contribution in [2.45, 2.75) is 101 Å². The maximum atomic E-state index is 17.6. The zero-order chi connectivity index (χ0) is 37.0. The smallest absolute Gasteiger partial charge is 0.323 e. The Bertz CT molecular complexity index is 1440. The van der Waals surface area contributed by atoms with Crippen molar-refractivity contribution in [2.24, 2.45) is 28.4 Å². The third-order valence-corrected chi connectivity index (χ3v) is 11.1. The molecule has 4 aliphatic carbocycles. The van der Waals surface area contributed by atoms with Gasteiger partial charge in [-0.3, -0.25) is 40.0 Å². The maximum absolute atomic E-state index is 17.6. The molecule has 0 aromatic heterocycles. The predicted molar refractivity (Wildman–Crippen MR) is 158 cm³/mol. The summed E-state index contributed by atoms with van der Waals surface area (Å²) in [6.07, 6.45) is 0.459. The van der Waals surface area contributed by atoms with Gasteiger partial charge in [-0.1, -0.05) is 18.6 Å². The molecule has 1 saturated heterocycles. The number of rotatable bonds is 13. The summed E-state index contributed by atoms with van der Waals surface area (Å²) < 4.78 is 40.4. The molecule has 50 heavy (non-hydrogen) atoms. The van der Waals surface area contributed by atoms with Crippen LogP contribution in [0, 0.1) is 22.7 Å². The van der Waals surface area contributed by atoms with Crippen LogP contribution in [0.1, 0.15) is 59.8 Å². The number of aliphatic hydroxyl groups is 1. The number of esters is 2. The van der Waals surface area contributed by atoms with Crippen LogP contribution in [0.25, 0.3) is 0 Å². The van der Waals surface area contributed by atoms with Gasteiger partial charge in [0.25, 0.3) is 0 Å². The van der Waals surface area contributed by atoms with Crippen molar-refractivity contribution in [3.63, 3.8) is 0 Å². The molecule has 0 bridgehead atoms. The van der Waals surface area contributed by atoms with E-state index in [0.29, 0.717) is 18.4 Å². The number of aliphatic hydroxyl groups excluding tert-OH is 1. The average molecular weight is 718 g/mol. The van der Waals surface area contributed by atoms with Gasteiger partial charge < -0.3 is 29.8 Å². The molecule has 18 nitrogen and oxygen atoms in total. The minimum atomic E-state index is -2.15. The lowest BCUT2D eigenvalue weighted by molar-refractivity contribution is -0.527. The number of fused-ring (bicyclic) bond motifs is 7. The highest BCUT2D eigenvalue weighted by Crippen LogP contribution is 2.72. The summed E-state index contributed by atoms with van der Waals surface area (Å²) in [5.74, 6) is -5.60. The molecule has 7 N–H and O–H groups in total. The van der Waals surface area contributed by atoms with Crippen LogP contribution in [-0.4, -0.2) is 121 Å². The fraction of sp³-hybridized carbons (Fsp3) is 0.742. The lowest BCUT2D eigenvalue weighted by atomic mass is 9.44. The highest BCUT2D eigenvalue weighted by molar-refractivity contribution is 6.01. The highest BCUT2D eigenvalue weighted by Gasteiger charge is 2.80. The third kappa shape index (κ3) is 6.43. The Morgan fingerprint density at radius 2 is 1.78 bits per heavy atom. The molecule has 0 aromatic carbocycles. The second-order valence-corrected chi connectivity index (χ2v) is 14.4. The molecule has 19 heteroatoms. The third-order valence-electron chi connectivity index (χ3n) is 11.1. The van der Waals surface area contributed by atoms with Crippen molar-refractivity contribution >= 4 is 23.5 Å². The molecule has 4 fully saturated rings. The number of nitrogens with zero attached hydrogens (tertiary/aromatic N) is 2. The number of allylic oxidation sites excluding steroid dienone is 4. The van der Waals surface area contributed by atoms with Crippen LogP contribution in [0.4, 0.5) is 4.39 Å². The fourth-order valence-electron chi connectivity index (χ4n) is 9.06. The first kappa shape index (κ1) is 38.4. The van der Waals surface area contributed by atoms with Gasteiger partial charge in [-0.25, -0.2) is 14.1 Å². The predicted octanol–water partition coefficient (Wildman–Crippen LogP) is 0.623. The molecule has 280 valence electrons. The normalized spacial score (nSPS) is 38.1. The van der Waals surface area contributed by atoms with Gasteiger partial charge in [-0.05, 0) is 64.5 Å². The summed E-state index contributed by atoms with van der Waals surface area (Å²) in [4.78, 5) is 60.2. The molecule has 5 rings (SSSR count). The lowest BCUT2D eigenvalue weighted by Crippen LogP contribution is -2.70. The first-order chi connectivity index (χ1) is 23.2. The van der Waals surface area contributed by atoms with Crippen molar-refractivity contribution in [3.8, 4) is 0 Å². The van der Waals surface area contributed by atoms with E-state index in [1.54, 1.807) is 27.7 Å². The fourth-order valence-corrected chi connectivity index (χ4v) is 9.06. The second kappa shape index (κ2) is 13.6. The Morgan fingerprint density at radius 3 is 2.44 bits per heavy atom. The molecule has 4 unspecified atom stereocenters. The Kier molecular flexibility index (Phi) is 10.5. The van der Waals surface area contributed by atoms with Crippen molar-refractivity contribution in [1.29, 1.82) is 0 Å². The van der Waals surface area contributed by atoms with Crippen LogP contribution in [-0.2, 0) is 47.8 Å². The monoisotopic (exact) mass is 717 g/mol. The van der Waals surface area contributed by atoms with Crippen molar-refractivity contribution in [1.82, 2.24) is 10.8 Å². The minimum absolute atomic E-state index is 0.184. The average Bonchev–Trinajstić information content (AvgIpc) is 3.43. The number of ether oxygens (including phenoxy) is 4. The largest absolute Gasteiger partial charge is 0.462 e. The molecule has 3 saturated carbocycles. The van der Waals surface area contributed by atoms with Gasteiger partial charge in [-0.2, -0.15) is 0 Å². The molecule has 0 spiro atoms. The van der Waals surface area contributed by atoms with Crippen LogP contribution < -0.4 is 5.73 Å². The topological polar surface area (TPSA) is 257 Å². The summed E-state index contributed by atoms with van der Waals surface area (Å²) in [6.45, 7) is 4.41. The number of Topliss-reactive ketones (excluding diaryl/α,β-unsaturated/α-hetero) is 1. The standard InChI is InChI=1S/C31H44FN3O15/c1-27(2)48-24-10-20-19-6-5-16-9-17(36)7-8-28(16,3)30(19,32)22(37)12-29(20,4)31(24,50-27)23(38)15-45-25(39)11-21(33)26(40)46-13-18(49-35(43)44)14-47-34(41)42/h7-9,18-22,24,37,41-44H,5-6,10-15,33H2,1-4H3/t18?,19?,20?,21?,22-,24+,28-,29-,30-,31+/m0/s1. The molecule has 10 atom stereocenters. The van der Waals surface area contributed by atoms with Crippen LogP contribution in [0.15, 0.2) is 23.8 Å². The summed E-state index contributed by atoms with van der Waals surface area (Å²) in [5, 5.41) is 45.2. The van der Waals surface area contributed by atoms with E-state index in [1.807, 2.05) is 0 Å². The molecule has 0 amide bonds. The number of carbonyl (C=O) groups is 4. The molecular formula is C31H44FN3O15. The van der Waals surface area contributed by atoms with Crippen LogP contribution >= 0.6 is 0 Å². The van der Waals surface area contributed by atoms with Crippen molar-refractivity contribution in [2.75, 3.05) is 19.8 Å². The van der Waals surface area contributed by atoms with E-state index in [2.05, 4.69) is 9.68 Å². The summed E-state index contributed by atoms with van der Waals surface area (Å²) in [5.41, 5.74) is 0.0999. The second-order valence-electron chi connectivity index (χ2n) is 14.4. The van der Waals surface area contributed by atoms with Crippen molar-refractivity contribution < 1.29 is 78.1 Å². The molecule has 1 heterocycles. The van der Waals surface area contributed by atoms with Crippen LogP contribution in [0.2, 0.25) is 0 Å². The van der Waals surface area contributed by atoms with Gasteiger partial charge in [0.2, 0.25) is 5.78 Å². The first-order valence-electron chi connectivity index (χ1n) is 16.2. The number of hydrogen-bond donors (Lipinski definition) is 6. The molecule has 0 radical (unpaired) electrons. The van der Waals surface area contributed by atoms with Crippen molar-refractivity contribution in [3.05, 3.63) is 23.8 Å². The quantitative estimate of drug-likeness (QED) is 0.113. The zero-order valence-electron chi connectivity index (χ0n) is 28.0.